The van der Waals surface area contributed by atoms with E-state index in [-0.39, 0.29) is 5.92 Å². The molecule has 0 amide bonds. The molecule has 2 aliphatic rings. The van der Waals surface area contributed by atoms with Gasteiger partial charge in [0.2, 0.25) is 0 Å². The van der Waals surface area contributed by atoms with Crippen LogP contribution in [0.4, 0.5) is 4.39 Å². The Kier molecular flexibility index (Phi) is 3.39. The molecule has 3 heteroatoms. The van der Waals surface area contributed by atoms with Crippen molar-refractivity contribution in [2.24, 2.45) is 5.92 Å². The highest BCUT2D eigenvalue weighted by atomic mass is 19.1. The molecule has 14 heavy (non-hydrogen) atoms. The van der Waals surface area contributed by atoms with E-state index >= 15 is 0 Å². The smallest absolute Gasteiger partial charge is 0.115 e. The zero-order valence-electron chi connectivity index (χ0n) is 9.01. The first-order chi connectivity index (χ1) is 6.77. The van der Waals surface area contributed by atoms with E-state index in [0.717, 1.165) is 26.1 Å². The predicted octanol–water partition coefficient (Wildman–Crippen LogP) is 1.42. The van der Waals surface area contributed by atoms with Crippen molar-refractivity contribution in [2.75, 3.05) is 26.2 Å². The van der Waals surface area contributed by atoms with Crippen molar-refractivity contribution < 1.29 is 4.39 Å². The van der Waals surface area contributed by atoms with Crippen molar-refractivity contribution in [1.29, 1.82) is 0 Å². The minimum Gasteiger partial charge on any atom is -0.315 e. The highest BCUT2D eigenvalue weighted by molar-refractivity contribution is 4.85. The van der Waals surface area contributed by atoms with Crippen LogP contribution in [-0.2, 0) is 0 Å². The SMILES string of the molecule is C[C@@H]1CCN(C2CCCNC2)C[C@@H]1F. The van der Waals surface area contributed by atoms with Gasteiger partial charge in [-0.15, -0.1) is 0 Å². The van der Waals surface area contributed by atoms with Gasteiger partial charge < -0.3 is 5.32 Å². The van der Waals surface area contributed by atoms with Crippen molar-refractivity contribution in [1.82, 2.24) is 10.2 Å². The summed E-state index contributed by atoms with van der Waals surface area (Å²) >= 11 is 0. The summed E-state index contributed by atoms with van der Waals surface area (Å²) in [6.07, 6.45) is 2.91. The third kappa shape index (κ3) is 2.26. The van der Waals surface area contributed by atoms with E-state index in [0.29, 0.717) is 12.6 Å². The molecular formula is C11H21FN2. The topological polar surface area (TPSA) is 15.3 Å². The molecule has 0 spiro atoms. The Bertz CT molecular complexity index is 180. The number of hydrogen-bond donors (Lipinski definition) is 1. The Morgan fingerprint density at radius 2 is 2.21 bits per heavy atom. The zero-order chi connectivity index (χ0) is 9.97. The second-order valence-electron chi connectivity index (χ2n) is 4.78. The average Bonchev–Trinajstić information content (AvgIpc) is 2.23. The Labute approximate surface area is 85.9 Å². The lowest BCUT2D eigenvalue weighted by atomic mass is 9.94. The molecular weight excluding hydrogens is 179 g/mol. The number of likely N-dealkylation sites (tertiary alicyclic amines) is 1. The second kappa shape index (κ2) is 4.58. The summed E-state index contributed by atoms with van der Waals surface area (Å²) in [6.45, 7) is 5.98. The van der Waals surface area contributed by atoms with Crippen molar-refractivity contribution in [2.45, 2.75) is 38.4 Å². The van der Waals surface area contributed by atoms with E-state index in [1.807, 2.05) is 6.92 Å². The van der Waals surface area contributed by atoms with E-state index in [2.05, 4.69) is 10.2 Å². The lowest BCUT2D eigenvalue weighted by molar-refractivity contribution is 0.0539. The Balaban J connectivity index is 1.85. The molecule has 0 bridgehead atoms. The van der Waals surface area contributed by atoms with E-state index in [9.17, 15) is 4.39 Å². The first-order valence-electron chi connectivity index (χ1n) is 5.86. The minimum atomic E-state index is -0.606. The first-order valence-corrected chi connectivity index (χ1v) is 5.86. The summed E-state index contributed by atoms with van der Waals surface area (Å²) in [5.41, 5.74) is 0. The van der Waals surface area contributed by atoms with Crippen molar-refractivity contribution in [3.63, 3.8) is 0 Å². The number of rotatable bonds is 1. The normalized spacial score (nSPS) is 41.1. The molecule has 2 fully saturated rings. The summed E-state index contributed by atoms with van der Waals surface area (Å²) in [6, 6.07) is 0.592. The monoisotopic (exact) mass is 200 g/mol. The minimum absolute atomic E-state index is 0.266. The fourth-order valence-electron chi connectivity index (χ4n) is 2.52. The summed E-state index contributed by atoms with van der Waals surface area (Å²) in [7, 11) is 0. The summed E-state index contributed by atoms with van der Waals surface area (Å²) in [5.74, 6) is 0.266. The molecule has 3 atom stereocenters. The van der Waals surface area contributed by atoms with Crippen molar-refractivity contribution in [3.8, 4) is 0 Å². The van der Waals surface area contributed by atoms with Crippen LogP contribution in [0.1, 0.15) is 26.2 Å². The van der Waals surface area contributed by atoms with Gasteiger partial charge in [0.1, 0.15) is 6.17 Å². The van der Waals surface area contributed by atoms with E-state index in [1.165, 1.54) is 12.8 Å². The highest BCUT2D eigenvalue weighted by Crippen LogP contribution is 2.23. The van der Waals surface area contributed by atoms with Gasteiger partial charge in [0.25, 0.3) is 0 Å². The summed E-state index contributed by atoms with van der Waals surface area (Å²) in [4.78, 5) is 2.34. The zero-order valence-corrected chi connectivity index (χ0v) is 9.01. The van der Waals surface area contributed by atoms with Gasteiger partial charge in [0.15, 0.2) is 0 Å². The molecule has 1 N–H and O–H groups in total. The molecule has 82 valence electrons. The van der Waals surface area contributed by atoms with Crippen LogP contribution in [0.25, 0.3) is 0 Å². The second-order valence-corrected chi connectivity index (χ2v) is 4.78. The lowest BCUT2D eigenvalue weighted by Crippen LogP contribution is -2.51. The molecule has 2 rings (SSSR count). The highest BCUT2D eigenvalue weighted by Gasteiger charge is 2.30. The van der Waals surface area contributed by atoms with Crippen LogP contribution in [-0.4, -0.2) is 43.3 Å². The largest absolute Gasteiger partial charge is 0.315 e. The molecule has 1 unspecified atom stereocenters. The molecule has 2 nitrogen and oxygen atoms in total. The summed E-state index contributed by atoms with van der Waals surface area (Å²) < 4.78 is 13.5. The molecule has 0 aliphatic carbocycles. The maximum atomic E-state index is 13.5. The van der Waals surface area contributed by atoms with Gasteiger partial charge in [-0.2, -0.15) is 0 Å². The van der Waals surface area contributed by atoms with Gasteiger partial charge in [-0.1, -0.05) is 6.92 Å². The van der Waals surface area contributed by atoms with Gasteiger partial charge in [0, 0.05) is 19.1 Å². The average molecular weight is 200 g/mol. The van der Waals surface area contributed by atoms with Crippen LogP contribution in [0.3, 0.4) is 0 Å². The fourth-order valence-corrected chi connectivity index (χ4v) is 2.52. The number of nitrogens with zero attached hydrogens (tertiary/aromatic N) is 1. The van der Waals surface area contributed by atoms with Crippen LogP contribution in [0.15, 0.2) is 0 Å². The molecule has 0 aromatic heterocycles. The standard InChI is InChI=1S/C11H21FN2/c1-9-4-6-14(8-11(9)12)10-3-2-5-13-7-10/h9-11,13H,2-8H2,1H3/t9-,10?,11+/m1/s1. The molecule has 2 saturated heterocycles. The van der Waals surface area contributed by atoms with Gasteiger partial charge in [-0.3, -0.25) is 4.90 Å². The van der Waals surface area contributed by atoms with Gasteiger partial charge >= 0.3 is 0 Å². The molecule has 0 radical (unpaired) electrons. The number of alkyl halides is 1. The van der Waals surface area contributed by atoms with Crippen LogP contribution in [0, 0.1) is 5.92 Å². The first kappa shape index (κ1) is 10.4. The molecule has 2 aliphatic heterocycles. The maximum Gasteiger partial charge on any atom is 0.115 e. The van der Waals surface area contributed by atoms with Crippen molar-refractivity contribution in [3.05, 3.63) is 0 Å². The predicted molar refractivity (Wildman–Crippen MR) is 56.1 cm³/mol. The van der Waals surface area contributed by atoms with Crippen LogP contribution >= 0.6 is 0 Å². The number of nitrogens with one attached hydrogen (secondary N) is 1. The lowest BCUT2D eigenvalue weighted by Gasteiger charge is -2.40. The fraction of sp³-hybridized carbons (Fsp3) is 1.00. The third-order valence-electron chi connectivity index (χ3n) is 3.69. The van der Waals surface area contributed by atoms with Crippen LogP contribution in [0.5, 0.6) is 0 Å². The Hall–Kier alpha value is -0.150. The van der Waals surface area contributed by atoms with E-state index < -0.39 is 6.17 Å². The molecule has 0 aromatic carbocycles. The quantitative estimate of drug-likeness (QED) is 0.688. The molecule has 0 aromatic rings. The third-order valence-corrected chi connectivity index (χ3v) is 3.69. The molecule has 2 heterocycles. The van der Waals surface area contributed by atoms with Crippen LogP contribution in [0.2, 0.25) is 0 Å². The van der Waals surface area contributed by atoms with Gasteiger partial charge in [-0.05, 0) is 38.3 Å². The number of hydrogen-bond acceptors (Lipinski definition) is 2. The van der Waals surface area contributed by atoms with Gasteiger partial charge in [0.05, 0.1) is 0 Å². The van der Waals surface area contributed by atoms with Gasteiger partial charge in [-0.25, -0.2) is 4.39 Å². The number of piperidine rings is 2. The van der Waals surface area contributed by atoms with E-state index in [1.54, 1.807) is 0 Å². The Morgan fingerprint density at radius 1 is 1.36 bits per heavy atom. The Morgan fingerprint density at radius 3 is 2.86 bits per heavy atom. The van der Waals surface area contributed by atoms with Crippen molar-refractivity contribution >= 4 is 0 Å². The summed E-state index contributed by atoms with van der Waals surface area (Å²) in [5, 5.41) is 3.39. The van der Waals surface area contributed by atoms with Crippen LogP contribution < -0.4 is 5.32 Å². The molecule has 0 saturated carbocycles. The van der Waals surface area contributed by atoms with E-state index in [4.69, 9.17) is 0 Å². The number of halogens is 1. The maximum absolute atomic E-state index is 13.5.